The number of rotatable bonds is 4. The van der Waals surface area contributed by atoms with Crippen LogP contribution in [-0.2, 0) is 4.79 Å². The number of anilines is 2. The number of carbonyl (C=O) groups excluding carboxylic acids is 1. The number of amides is 1. The van der Waals surface area contributed by atoms with Gasteiger partial charge in [-0.05, 0) is 55.7 Å². The van der Waals surface area contributed by atoms with E-state index in [1.165, 1.54) is 18.2 Å². The topological polar surface area (TPSA) is 61.2 Å². The lowest BCUT2D eigenvalue weighted by Crippen LogP contribution is -2.47. The maximum atomic E-state index is 13.9. The normalized spacial score (nSPS) is 20.1. The molecule has 0 bridgehead atoms. The van der Waals surface area contributed by atoms with E-state index in [4.69, 9.17) is 28.8 Å². The van der Waals surface area contributed by atoms with E-state index in [1.807, 2.05) is 37.3 Å². The Morgan fingerprint density at radius 1 is 1.03 bits per heavy atom. The average molecular weight is 580 g/mol. The molecule has 10 heteroatoms. The Morgan fingerprint density at radius 3 is 2.51 bits per heavy atom. The van der Waals surface area contributed by atoms with Crippen LogP contribution < -0.4 is 15.4 Å². The van der Waals surface area contributed by atoms with Crippen LogP contribution in [0.2, 0.25) is 5.02 Å². The minimum absolute atomic E-state index is 0.0950. The summed E-state index contributed by atoms with van der Waals surface area (Å²) in [6.45, 7) is 4.85. The Labute approximate surface area is 242 Å². The van der Waals surface area contributed by atoms with Gasteiger partial charge in [0.15, 0.2) is 0 Å². The third-order valence-electron chi connectivity index (χ3n) is 7.86. The molecule has 0 N–H and O–H groups in total. The molecule has 2 aromatic heterocycles. The fourth-order valence-electron chi connectivity index (χ4n) is 5.78. The van der Waals surface area contributed by atoms with Crippen molar-refractivity contribution < 1.29 is 4.79 Å². The number of aryl methyl sites for hydroxylation is 1. The number of carbonyl (C=O) groups is 1. The van der Waals surface area contributed by atoms with Gasteiger partial charge in [-0.2, -0.15) is 0 Å². The average Bonchev–Trinajstić information content (AvgIpc) is 3.23. The molecule has 4 heterocycles. The van der Waals surface area contributed by atoms with E-state index in [9.17, 15) is 9.59 Å². The van der Waals surface area contributed by atoms with Crippen molar-refractivity contribution in [3.63, 3.8) is 0 Å². The summed E-state index contributed by atoms with van der Waals surface area (Å²) in [5.41, 5.74) is 2.87. The number of benzene rings is 1. The van der Waals surface area contributed by atoms with Gasteiger partial charge in [0.05, 0.1) is 10.5 Å². The number of pyridine rings is 1. The van der Waals surface area contributed by atoms with Gasteiger partial charge >= 0.3 is 0 Å². The summed E-state index contributed by atoms with van der Waals surface area (Å²) in [6.07, 6.45) is 8.84. The number of aromatic nitrogens is 2. The molecule has 1 saturated carbocycles. The van der Waals surface area contributed by atoms with E-state index in [0.717, 1.165) is 50.0 Å². The van der Waals surface area contributed by atoms with E-state index in [1.54, 1.807) is 21.6 Å². The van der Waals surface area contributed by atoms with Gasteiger partial charge in [0.2, 0.25) is 0 Å². The Morgan fingerprint density at radius 2 is 1.77 bits per heavy atom. The highest BCUT2D eigenvalue weighted by molar-refractivity contribution is 8.26. The van der Waals surface area contributed by atoms with E-state index in [0.29, 0.717) is 44.4 Å². The van der Waals surface area contributed by atoms with Crippen molar-refractivity contribution in [2.45, 2.75) is 45.1 Å². The molecule has 1 amide bonds. The van der Waals surface area contributed by atoms with Gasteiger partial charge in [-0.1, -0.05) is 67.0 Å². The van der Waals surface area contributed by atoms with Crippen LogP contribution in [0.25, 0.3) is 11.7 Å². The maximum absolute atomic E-state index is 13.9. The molecule has 0 atom stereocenters. The highest BCUT2D eigenvalue weighted by atomic mass is 35.5. The fourth-order valence-corrected chi connectivity index (χ4v) is 7.35. The number of nitrogens with zero attached hydrogens (tertiary/aromatic N) is 5. The van der Waals surface area contributed by atoms with Gasteiger partial charge in [0, 0.05) is 49.1 Å². The van der Waals surface area contributed by atoms with Gasteiger partial charge in [0.25, 0.3) is 11.5 Å². The maximum Gasteiger partial charge on any atom is 0.267 e. The van der Waals surface area contributed by atoms with Crippen LogP contribution in [0.1, 0.15) is 43.2 Å². The number of thioether (sulfide) groups is 1. The van der Waals surface area contributed by atoms with Crippen LogP contribution in [0, 0.1) is 6.92 Å². The summed E-state index contributed by atoms with van der Waals surface area (Å²) >= 11 is 13.2. The first-order valence-corrected chi connectivity index (χ1v) is 15.1. The summed E-state index contributed by atoms with van der Waals surface area (Å²) in [6, 6.07) is 11.8. The molecule has 3 fully saturated rings. The molecule has 202 valence electrons. The Hall–Kier alpha value is -2.88. The first-order valence-electron chi connectivity index (χ1n) is 13.5. The third-order valence-corrected chi connectivity index (χ3v) is 9.42. The lowest BCUT2D eigenvalue weighted by molar-refractivity contribution is -0.124. The number of thiocarbonyl (C=S) groups is 1. The molecule has 6 rings (SSSR count). The summed E-state index contributed by atoms with van der Waals surface area (Å²) < 4.78 is 2.16. The fraction of sp³-hybridized carbons (Fsp3) is 0.379. The smallest absolute Gasteiger partial charge is 0.267 e. The van der Waals surface area contributed by atoms with Crippen molar-refractivity contribution in [2.24, 2.45) is 0 Å². The highest BCUT2D eigenvalue weighted by Gasteiger charge is 2.38. The predicted octanol–water partition coefficient (Wildman–Crippen LogP) is 5.52. The summed E-state index contributed by atoms with van der Waals surface area (Å²) in [4.78, 5) is 39.2. The largest absolute Gasteiger partial charge is 0.368 e. The first kappa shape index (κ1) is 26.3. The van der Waals surface area contributed by atoms with Crippen molar-refractivity contribution in [2.75, 3.05) is 36.0 Å². The van der Waals surface area contributed by atoms with Gasteiger partial charge < -0.3 is 9.80 Å². The minimum atomic E-state index is -0.182. The molecule has 0 radical (unpaired) electrons. The molecule has 0 unspecified atom stereocenters. The van der Waals surface area contributed by atoms with Gasteiger partial charge in [-0.3, -0.25) is 18.9 Å². The summed E-state index contributed by atoms with van der Waals surface area (Å²) in [7, 11) is 0. The minimum Gasteiger partial charge on any atom is -0.368 e. The predicted molar refractivity (Wildman–Crippen MR) is 164 cm³/mol. The molecule has 1 aliphatic carbocycles. The summed E-state index contributed by atoms with van der Waals surface area (Å²) in [5, 5.41) is 0.711. The number of hydrogen-bond acceptors (Lipinski definition) is 7. The first-order chi connectivity index (χ1) is 18.9. The van der Waals surface area contributed by atoms with Gasteiger partial charge in [0.1, 0.15) is 15.8 Å². The van der Waals surface area contributed by atoms with Crippen molar-refractivity contribution in [1.29, 1.82) is 0 Å². The second-order valence-electron chi connectivity index (χ2n) is 10.3. The second-order valence-corrected chi connectivity index (χ2v) is 12.4. The Bertz CT molecular complexity index is 1540. The van der Waals surface area contributed by atoms with Crippen LogP contribution in [0.3, 0.4) is 0 Å². The van der Waals surface area contributed by atoms with E-state index >= 15 is 0 Å². The zero-order valence-electron chi connectivity index (χ0n) is 21.8. The van der Waals surface area contributed by atoms with Crippen molar-refractivity contribution in [1.82, 2.24) is 14.3 Å². The monoisotopic (exact) mass is 579 g/mol. The zero-order valence-corrected chi connectivity index (χ0v) is 24.2. The second kappa shape index (κ2) is 10.9. The molecular formula is C29H30ClN5O2S2. The van der Waals surface area contributed by atoms with Crippen LogP contribution in [0.4, 0.5) is 11.5 Å². The summed E-state index contributed by atoms with van der Waals surface area (Å²) in [5.74, 6) is 0.519. The zero-order chi connectivity index (χ0) is 27.1. The molecule has 3 aromatic rings. The van der Waals surface area contributed by atoms with E-state index in [-0.39, 0.29) is 17.5 Å². The number of hydrogen-bond donors (Lipinski definition) is 0. The van der Waals surface area contributed by atoms with E-state index in [2.05, 4.69) is 15.9 Å². The highest BCUT2D eigenvalue weighted by Crippen LogP contribution is 2.38. The SMILES string of the molecule is Cc1cccn2c(=O)c(C=C3SC(=S)N(C4CCCCC4)C3=O)c(N3CCN(c4cccc(Cl)c4)CC3)nc12. The van der Waals surface area contributed by atoms with Crippen LogP contribution in [-0.4, -0.2) is 56.7 Å². The van der Waals surface area contributed by atoms with Crippen molar-refractivity contribution in [3.05, 3.63) is 74.0 Å². The van der Waals surface area contributed by atoms with Gasteiger partial charge in [-0.15, -0.1) is 0 Å². The molecule has 2 saturated heterocycles. The third kappa shape index (κ3) is 5.08. The van der Waals surface area contributed by atoms with Crippen molar-refractivity contribution in [3.8, 4) is 0 Å². The van der Waals surface area contributed by atoms with Gasteiger partial charge in [-0.25, -0.2) is 4.98 Å². The molecule has 2 aliphatic heterocycles. The molecule has 0 spiro atoms. The lowest BCUT2D eigenvalue weighted by Gasteiger charge is -2.37. The number of piperazine rings is 1. The quantitative estimate of drug-likeness (QED) is 0.298. The van der Waals surface area contributed by atoms with Crippen LogP contribution in [0.5, 0.6) is 0 Å². The molecule has 1 aromatic carbocycles. The Balaban J connectivity index is 1.36. The standard InChI is InChI=1S/C29H30ClN5O2S2/c1-19-7-6-12-34-25(19)31-26(33-15-13-32(14-16-33)22-11-5-8-20(30)17-22)23(27(34)36)18-24-28(37)35(29(38)39-24)21-9-3-2-4-10-21/h5-8,11-12,17-18,21H,2-4,9-10,13-16H2,1H3. The Kier molecular flexibility index (Phi) is 7.39. The van der Waals surface area contributed by atoms with Crippen molar-refractivity contribution >= 4 is 69.0 Å². The molecule has 39 heavy (non-hydrogen) atoms. The lowest BCUT2D eigenvalue weighted by atomic mass is 9.94. The van der Waals surface area contributed by atoms with Crippen LogP contribution in [0.15, 0.2) is 52.3 Å². The molecular weight excluding hydrogens is 550 g/mol. The van der Waals surface area contributed by atoms with Crippen LogP contribution >= 0.6 is 35.6 Å². The number of halogens is 1. The molecule has 3 aliphatic rings. The van der Waals surface area contributed by atoms with E-state index < -0.39 is 0 Å². The molecule has 7 nitrogen and oxygen atoms in total. The number of fused-ring (bicyclic) bond motifs is 1.